The Morgan fingerprint density at radius 3 is 2.95 bits per heavy atom. The molecule has 0 saturated carbocycles. The lowest BCUT2D eigenvalue weighted by Crippen LogP contribution is -2.19. The summed E-state index contributed by atoms with van der Waals surface area (Å²) in [7, 11) is -3.27. The fourth-order valence-electron chi connectivity index (χ4n) is 3.04. The number of H-pyrrole nitrogens is 1. The lowest BCUT2D eigenvalue weighted by molar-refractivity contribution is 0.600. The van der Waals surface area contributed by atoms with Gasteiger partial charge in [0.25, 0.3) is 0 Å². The average molecular weight is 320 g/mol. The summed E-state index contributed by atoms with van der Waals surface area (Å²) in [5, 5.41) is 0. The molecule has 1 atom stereocenters. The number of imidazole rings is 1. The number of hydrogen-bond acceptors (Lipinski definition) is 4. The van der Waals surface area contributed by atoms with Crippen LogP contribution in [0.25, 0.3) is 0 Å². The van der Waals surface area contributed by atoms with Crippen molar-refractivity contribution in [3.8, 4) is 0 Å². The molecule has 1 heterocycles. The van der Waals surface area contributed by atoms with Crippen molar-refractivity contribution in [1.29, 1.82) is 0 Å². The van der Waals surface area contributed by atoms with E-state index in [1.54, 1.807) is 13.1 Å². The summed E-state index contributed by atoms with van der Waals surface area (Å²) in [6.07, 6.45) is 4.63. The molecule has 0 bridgehead atoms. The minimum Gasteiger partial charge on any atom is -0.369 e. The van der Waals surface area contributed by atoms with Crippen LogP contribution in [0, 0.1) is 0 Å². The standard InChI is InChI=1S/C15H20N4O2S/c1-2-22(20,21)19-13-8-4-5-10-11(13)6-3-7-12(10)14-9-17-15(16)18-14/h4-5,8-9,12,19H,2-3,6-7H2,1H3,(H3,16,17,18). The normalized spacial score (nSPS) is 18.0. The molecule has 2 aromatic rings. The number of aromatic amines is 1. The third-order valence-corrected chi connectivity index (χ3v) is 5.43. The quantitative estimate of drug-likeness (QED) is 0.804. The average Bonchev–Trinajstić information content (AvgIpc) is 2.93. The molecule has 0 aliphatic heterocycles. The lowest BCUT2D eigenvalue weighted by Gasteiger charge is -2.26. The molecule has 1 aromatic heterocycles. The van der Waals surface area contributed by atoms with Gasteiger partial charge in [0.05, 0.1) is 17.6 Å². The maximum atomic E-state index is 11.9. The maximum absolute atomic E-state index is 11.9. The monoisotopic (exact) mass is 320 g/mol. The van der Waals surface area contributed by atoms with Crippen molar-refractivity contribution >= 4 is 21.7 Å². The molecular weight excluding hydrogens is 300 g/mol. The molecule has 4 N–H and O–H groups in total. The Labute approximate surface area is 130 Å². The number of rotatable bonds is 4. The van der Waals surface area contributed by atoms with Crippen LogP contribution in [0.5, 0.6) is 0 Å². The van der Waals surface area contributed by atoms with Crippen LogP contribution < -0.4 is 10.5 Å². The molecule has 22 heavy (non-hydrogen) atoms. The predicted octanol–water partition coefficient (Wildman–Crippen LogP) is 2.22. The number of hydrogen-bond donors (Lipinski definition) is 3. The van der Waals surface area contributed by atoms with Crippen LogP contribution in [-0.4, -0.2) is 24.1 Å². The topological polar surface area (TPSA) is 101 Å². The molecule has 0 spiro atoms. The molecule has 7 heteroatoms. The van der Waals surface area contributed by atoms with Gasteiger partial charge in [0.15, 0.2) is 5.95 Å². The summed E-state index contributed by atoms with van der Waals surface area (Å²) in [6, 6.07) is 5.78. The van der Waals surface area contributed by atoms with E-state index in [2.05, 4.69) is 20.8 Å². The third-order valence-electron chi connectivity index (χ3n) is 4.14. The Hall–Kier alpha value is -2.02. The summed E-state index contributed by atoms with van der Waals surface area (Å²) < 4.78 is 26.4. The van der Waals surface area contributed by atoms with Crippen LogP contribution in [-0.2, 0) is 16.4 Å². The zero-order valence-corrected chi connectivity index (χ0v) is 13.3. The first-order chi connectivity index (χ1) is 10.5. The summed E-state index contributed by atoms with van der Waals surface area (Å²) in [5.74, 6) is 0.654. The predicted molar refractivity (Wildman–Crippen MR) is 87.3 cm³/mol. The molecule has 1 aromatic carbocycles. The number of nitrogens with one attached hydrogen (secondary N) is 2. The second-order valence-electron chi connectivity index (χ2n) is 5.55. The van der Waals surface area contributed by atoms with E-state index in [1.807, 2.05) is 12.1 Å². The Kier molecular flexibility index (Phi) is 3.82. The molecule has 118 valence electrons. The zero-order chi connectivity index (χ0) is 15.7. The molecular formula is C15H20N4O2S. The van der Waals surface area contributed by atoms with Crippen molar-refractivity contribution in [1.82, 2.24) is 9.97 Å². The van der Waals surface area contributed by atoms with E-state index in [9.17, 15) is 8.42 Å². The van der Waals surface area contributed by atoms with Gasteiger partial charge in [-0.3, -0.25) is 4.72 Å². The number of sulfonamides is 1. The molecule has 0 radical (unpaired) electrons. The number of nitrogens with zero attached hydrogens (tertiary/aromatic N) is 1. The highest BCUT2D eigenvalue weighted by Crippen LogP contribution is 2.39. The van der Waals surface area contributed by atoms with Gasteiger partial charge < -0.3 is 10.7 Å². The Morgan fingerprint density at radius 1 is 1.45 bits per heavy atom. The fourth-order valence-corrected chi connectivity index (χ4v) is 3.71. The first-order valence-corrected chi connectivity index (χ1v) is 9.08. The van der Waals surface area contributed by atoms with Crippen molar-refractivity contribution in [2.24, 2.45) is 0 Å². The SMILES string of the molecule is CCS(=O)(=O)Nc1cccc2c1CCCC2c1cnc(N)[nH]1. The van der Waals surface area contributed by atoms with E-state index < -0.39 is 10.0 Å². The van der Waals surface area contributed by atoms with Gasteiger partial charge in [-0.2, -0.15) is 0 Å². The van der Waals surface area contributed by atoms with Crippen molar-refractivity contribution in [3.63, 3.8) is 0 Å². The minimum atomic E-state index is -3.27. The van der Waals surface area contributed by atoms with Gasteiger partial charge in [-0.1, -0.05) is 12.1 Å². The summed E-state index contributed by atoms with van der Waals surface area (Å²) in [4.78, 5) is 7.16. The lowest BCUT2D eigenvalue weighted by atomic mass is 9.80. The molecule has 1 aliphatic rings. The minimum absolute atomic E-state index is 0.0666. The molecule has 1 aliphatic carbocycles. The largest absolute Gasteiger partial charge is 0.369 e. The van der Waals surface area contributed by atoms with Crippen LogP contribution in [0.3, 0.4) is 0 Å². The Bertz CT molecular complexity index is 783. The zero-order valence-electron chi connectivity index (χ0n) is 12.5. The van der Waals surface area contributed by atoms with Crippen molar-refractivity contribution in [3.05, 3.63) is 41.2 Å². The third kappa shape index (κ3) is 2.81. The number of nitrogens with two attached hydrogens (primary N) is 1. The van der Waals surface area contributed by atoms with E-state index in [1.165, 1.54) is 0 Å². The summed E-state index contributed by atoms with van der Waals surface area (Å²) in [5.41, 5.74) is 9.57. The second-order valence-corrected chi connectivity index (χ2v) is 7.56. The van der Waals surface area contributed by atoms with Crippen LogP contribution in [0.4, 0.5) is 11.6 Å². The van der Waals surface area contributed by atoms with Gasteiger partial charge in [-0.25, -0.2) is 13.4 Å². The fraction of sp³-hybridized carbons (Fsp3) is 0.400. The number of benzene rings is 1. The van der Waals surface area contributed by atoms with Gasteiger partial charge in [0, 0.05) is 11.6 Å². The van der Waals surface area contributed by atoms with E-state index in [0.29, 0.717) is 11.6 Å². The van der Waals surface area contributed by atoms with Crippen LogP contribution in [0.1, 0.15) is 42.5 Å². The molecule has 0 amide bonds. The summed E-state index contributed by atoms with van der Waals surface area (Å²) >= 11 is 0. The summed E-state index contributed by atoms with van der Waals surface area (Å²) in [6.45, 7) is 1.63. The smallest absolute Gasteiger partial charge is 0.232 e. The van der Waals surface area contributed by atoms with Gasteiger partial charge in [-0.15, -0.1) is 0 Å². The van der Waals surface area contributed by atoms with E-state index in [0.717, 1.165) is 36.1 Å². The van der Waals surface area contributed by atoms with Crippen molar-refractivity contribution in [2.45, 2.75) is 32.1 Å². The van der Waals surface area contributed by atoms with E-state index in [4.69, 9.17) is 5.73 Å². The molecule has 1 unspecified atom stereocenters. The highest BCUT2D eigenvalue weighted by atomic mass is 32.2. The van der Waals surface area contributed by atoms with Crippen LogP contribution in [0.2, 0.25) is 0 Å². The molecule has 0 fully saturated rings. The van der Waals surface area contributed by atoms with Crippen LogP contribution in [0.15, 0.2) is 24.4 Å². The van der Waals surface area contributed by atoms with Gasteiger partial charge in [-0.05, 0) is 43.4 Å². The second kappa shape index (κ2) is 5.64. The first-order valence-electron chi connectivity index (χ1n) is 7.43. The Morgan fingerprint density at radius 2 is 2.27 bits per heavy atom. The maximum Gasteiger partial charge on any atom is 0.232 e. The highest BCUT2D eigenvalue weighted by molar-refractivity contribution is 7.92. The van der Waals surface area contributed by atoms with Gasteiger partial charge >= 0.3 is 0 Å². The van der Waals surface area contributed by atoms with E-state index >= 15 is 0 Å². The first kappa shape index (κ1) is 14.9. The van der Waals surface area contributed by atoms with Gasteiger partial charge in [0.1, 0.15) is 0 Å². The van der Waals surface area contributed by atoms with E-state index in [-0.39, 0.29) is 11.7 Å². The highest BCUT2D eigenvalue weighted by Gasteiger charge is 2.25. The molecule has 0 saturated heterocycles. The number of fused-ring (bicyclic) bond motifs is 1. The number of nitrogen functional groups attached to an aromatic ring is 1. The molecule has 3 rings (SSSR count). The van der Waals surface area contributed by atoms with Gasteiger partial charge in [0.2, 0.25) is 10.0 Å². The molecule has 6 nitrogen and oxygen atoms in total. The van der Waals surface area contributed by atoms with Crippen molar-refractivity contribution in [2.75, 3.05) is 16.2 Å². The number of aromatic nitrogens is 2. The van der Waals surface area contributed by atoms with Crippen molar-refractivity contribution < 1.29 is 8.42 Å². The Balaban J connectivity index is 2.02. The van der Waals surface area contributed by atoms with Crippen LogP contribution >= 0.6 is 0 Å². The number of anilines is 2.